The molecule has 4 rings (SSSR count). The summed E-state index contributed by atoms with van der Waals surface area (Å²) in [7, 11) is 0. The molecule has 0 radical (unpaired) electrons. The molecule has 1 amide bonds. The number of amides is 1. The number of alkyl halides is 3. The van der Waals surface area contributed by atoms with E-state index in [1.54, 1.807) is 6.07 Å². The van der Waals surface area contributed by atoms with Crippen molar-refractivity contribution < 1.29 is 22.4 Å². The molecule has 2 aromatic carbocycles. The number of carbonyl (C=O) groups excluding carboxylic acids is 1. The molecule has 2 aromatic heterocycles. The maximum absolute atomic E-state index is 12.8. The van der Waals surface area contributed by atoms with Gasteiger partial charge in [0.1, 0.15) is 0 Å². The van der Waals surface area contributed by atoms with Crippen LogP contribution in [0.25, 0.3) is 10.9 Å². The Morgan fingerprint density at radius 3 is 2.69 bits per heavy atom. The molecule has 0 atom stereocenters. The molecule has 0 bridgehead atoms. The zero-order chi connectivity index (χ0) is 22.6. The van der Waals surface area contributed by atoms with E-state index >= 15 is 0 Å². The van der Waals surface area contributed by atoms with Crippen molar-refractivity contribution >= 4 is 16.8 Å². The van der Waals surface area contributed by atoms with Gasteiger partial charge in [0.25, 0.3) is 0 Å². The third-order valence-corrected chi connectivity index (χ3v) is 5.04. The van der Waals surface area contributed by atoms with Crippen LogP contribution in [0.15, 0.2) is 65.2 Å². The fourth-order valence-corrected chi connectivity index (χ4v) is 3.45. The Morgan fingerprint density at radius 1 is 1.03 bits per heavy atom. The van der Waals surface area contributed by atoms with E-state index in [1.165, 1.54) is 6.07 Å². The van der Waals surface area contributed by atoms with Gasteiger partial charge in [0.2, 0.25) is 17.7 Å². The monoisotopic (exact) mass is 442 g/mol. The lowest BCUT2D eigenvalue weighted by molar-refractivity contribution is -0.137. The van der Waals surface area contributed by atoms with Gasteiger partial charge >= 0.3 is 6.18 Å². The molecule has 0 spiro atoms. The molecule has 0 saturated carbocycles. The highest BCUT2D eigenvalue weighted by molar-refractivity contribution is 5.80. The Bertz CT molecular complexity index is 1210. The number of para-hydroxylation sites is 1. The van der Waals surface area contributed by atoms with Crippen LogP contribution in [0.2, 0.25) is 0 Å². The van der Waals surface area contributed by atoms with Gasteiger partial charge < -0.3 is 14.3 Å². The van der Waals surface area contributed by atoms with E-state index in [0.29, 0.717) is 18.7 Å². The summed E-state index contributed by atoms with van der Waals surface area (Å²) >= 11 is 0. The van der Waals surface area contributed by atoms with Crippen molar-refractivity contribution in [1.29, 1.82) is 0 Å². The molecule has 6 nitrogen and oxygen atoms in total. The van der Waals surface area contributed by atoms with Crippen molar-refractivity contribution in [1.82, 2.24) is 20.1 Å². The van der Waals surface area contributed by atoms with Crippen LogP contribution < -0.4 is 5.32 Å². The quantitative estimate of drug-likeness (QED) is 0.440. The van der Waals surface area contributed by atoms with E-state index in [-0.39, 0.29) is 37.0 Å². The van der Waals surface area contributed by atoms with Gasteiger partial charge in [-0.3, -0.25) is 4.79 Å². The highest BCUT2D eigenvalue weighted by Gasteiger charge is 2.30. The van der Waals surface area contributed by atoms with Crippen LogP contribution >= 0.6 is 0 Å². The van der Waals surface area contributed by atoms with Crippen LogP contribution in [0, 0.1) is 0 Å². The Kier molecular flexibility index (Phi) is 6.25. The summed E-state index contributed by atoms with van der Waals surface area (Å²) in [5.41, 5.74) is 0.811. The van der Waals surface area contributed by atoms with Gasteiger partial charge in [-0.15, -0.1) is 10.2 Å². The van der Waals surface area contributed by atoms with Crippen LogP contribution in [0.4, 0.5) is 13.2 Å². The van der Waals surface area contributed by atoms with Crippen molar-refractivity contribution in [2.24, 2.45) is 0 Å². The minimum absolute atomic E-state index is 0.0912. The summed E-state index contributed by atoms with van der Waals surface area (Å²) in [5.74, 6) is 0.344. The summed E-state index contributed by atoms with van der Waals surface area (Å²) < 4.78 is 46.1. The number of aryl methyl sites for hydroxylation is 1. The van der Waals surface area contributed by atoms with E-state index < -0.39 is 11.7 Å². The lowest BCUT2D eigenvalue weighted by Crippen LogP contribution is -2.27. The molecule has 166 valence electrons. The van der Waals surface area contributed by atoms with Gasteiger partial charge in [0.15, 0.2) is 0 Å². The van der Waals surface area contributed by atoms with Crippen molar-refractivity contribution in [3.05, 3.63) is 83.7 Å². The molecule has 1 N–H and O–H groups in total. The fraction of sp³-hybridized carbons (Fsp3) is 0.261. The van der Waals surface area contributed by atoms with Gasteiger partial charge in [-0.25, -0.2) is 0 Å². The number of hydrogen-bond donors (Lipinski definition) is 1. The first-order valence-electron chi connectivity index (χ1n) is 10.2. The lowest BCUT2D eigenvalue weighted by Gasteiger charge is -2.07. The lowest BCUT2D eigenvalue weighted by atomic mass is 10.1. The van der Waals surface area contributed by atoms with Gasteiger partial charge in [0, 0.05) is 37.6 Å². The average Bonchev–Trinajstić information content (AvgIpc) is 3.39. The molecule has 9 heteroatoms. The van der Waals surface area contributed by atoms with E-state index in [4.69, 9.17) is 4.42 Å². The number of nitrogens with one attached hydrogen (secondary N) is 1. The number of hydrogen-bond acceptors (Lipinski definition) is 4. The summed E-state index contributed by atoms with van der Waals surface area (Å²) in [6.45, 7) is 1.14. The highest BCUT2D eigenvalue weighted by Crippen LogP contribution is 2.29. The molecule has 0 unspecified atom stereocenters. The smallest absolute Gasteiger partial charge is 0.416 e. The van der Waals surface area contributed by atoms with E-state index in [2.05, 4.69) is 20.1 Å². The zero-order valence-corrected chi connectivity index (χ0v) is 17.1. The molecule has 0 aliphatic rings. The van der Waals surface area contributed by atoms with E-state index in [0.717, 1.165) is 23.0 Å². The number of aromatic nitrogens is 3. The van der Waals surface area contributed by atoms with Crippen LogP contribution in [0.3, 0.4) is 0 Å². The van der Waals surface area contributed by atoms with Crippen molar-refractivity contribution in [3.8, 4) is 0 Å². The summed E-state index contributed by atoms with van der Waals surface area (Å²) in [4.78, 5) is 12.1. The first kappa shape index (κ1) is 21.6. The highest BCUT2D eigenvalue weighted by atomic mass is 19.4. The maximum Gasteiger partial charge on any atom is 0.416 e. The topological polar surface area (TPSA) is 72.9 Å². The van der Waals surface area contributed by atoms with Crippen LogP contribution in [0.1, 0.15) is 29.3 Å². The summed E-state index contributed by atoms with van der Waals surface area (Å²) in [6.07, 6.45) is -1.89. The number of fused-ring (bicyclic) bond motifs is 1. The van der Waals surface area contributed by atoms with Crippen molar-refractivity contribution in [2.75, 3.05) is 6.54 Å². The fourth-order valence-electron chi connectivity index (χ4n) is 3.45. The SMILES string of the molecule is O=C(CCc1nnc(Cc2cccc(C(F)(F)F)c2)o1)NCCn1ccc2ccccc21. The molecule has 4 aromatic rings. The number of halogens is 3. The minimum Gasteiger partial charge on any atom is -0.425 e. The largest absolute Gasteiger partial charge is 0.425 e. The van der Waals surface area contributed by atoms with Gasteiger partial charge in [0.05, 0.1) is 12.0 Å². The second-order valence-electron chi connectivity index (χ2n) is 7.38. The predicted molar refractivity (Wildman–Crippen MR) is 112 cm³/mol. The first-order valence-corrected chi connectivity index (χ1v) is 10.2. The molecule has 0 aliphatic carbocycles. The third kappa shape index (κ3) is 5.35. The van der Waals surface area contributed by atoms with Gasteiger partial charge in [-0.05, 0) is 29.1 Å². The zero-order valence-electron chi connectivity index (χ0n) is 17.1. The first-order chi connectivity index (χ1) is 15.4. The Balaban J connectivity index is 1.24. The molecular formula is C23H21F3N4O2. The molecule has 32 heavy (non-hydrogen) atoms. The van der Waals surface area contributed by atoms with Gasteiger partial charge in [-0.1, -0.05) is 36.4 Å². The van der Waals surface area contributed by atoms with Crippen LogP contribution in [-0.2, 0) is 30.4 Å². The standard InChI is InChI=1S/C23H21F3N4O2/c24-23(25,26)18-6-3-4-16(14-18)15-22-29-28-21(32-22)9-8-20(31)27-11-13-30-12-10-17-5-1-2-7-19(17)30/h1-7,10,12,14H,8-9,11,13,15H2,(H,27,31). The molecule has 2 heterocycles. The van der Waals surface area contributed by atoms with Gasteiger partial charge in [-0.2, -0.15) is 13.2 Å². The van der Waals surface area contributed by atoms with Crippen molar-refractivity contribution in [2.45, 2.75) is 32.0 Å². The minimum atomic E-state index is -4.40. The number of benzene rings is 2. The Morgan fingerprint density at radius 2 is 1.84 bits per heavy atom. The summed E-state index contributed by atoms with van der Waals surface area (Å²) in [5, 5.41) is 11.8. The van der Waals surface area contributed by atoms with E-state index in [1.807, 2.05) is 36.5 Å². The second kappa shape index (κ2) is 9.25. The molecule has 0 aliphatic heterocycles. The third-order valence-electron chi connectivity index (χ3n) is 5.04. The molecular weight excluding hydrogens is 421 g/mol. The average molecular weight is 442 g/mol. The molecule has 0 fully saturated rings. The second-order valence-corrected chi connectivity index (χ2v) is 7.38. The number of nitrogens with zero attached hydrogens (tertiary/aromatic N) is 3. The van der Waals surface area contributed by atoms with E-state index in [9.17, 15) is 18.0 Å². The Labute approximate surface area is 182 Å². The normalized spacial score (nSPS) is 11.7. The van der Waals surface area contributed by atoms with Crippen LogP contribution in [-0.4, -0.2) is 27.2 Å². The molecule has 0 saturated heterocycles. The number of rotatable bonds is 8. The Hall–Kier alpha value is -3.62. The van der Waals surface area contributed by atoms with Crippen molar-refractivity contribution in [3.63, 3.8) is 0 Å². The van der Waals surface area contributed by atoms with Crippen LogP contribution in [0.5, 0.6) is 0 Å². The summed E-state index contributed by atoms with van der Waals surface area (Å²) in [6, 6.07) is 15.0. The number of carbonyl (C=O) groups is 1. The maximum atomic E-state index is 12.8. The predicted octanol–water partition coefficient (Wildman–Crippen LogP) is 4.38.